The highest BCUT2D eigenvalue weighted by Gasteiger charge is 2.25. The first-order valence-corrected chi connectivity index (χ1v) is 7.15. The van der Waals surface area contributed by atoms with Crippen molar-refractivity contribution >= 4 is 27.6 Å². The quantitative estimate of drug-likeness (QED) is 0.836. The highest BCUT2D eigenvalue weighted by molar-refractivity contribution is 9.10. The molecule has 1 N–H and O–H groups in total. The van der Waals surface area contributed by atoms with Crippen LogP contribution >= 0.6 is 15.9 Å². The molecule has 2 amide bonds. The predicted molar refractivity (Wildman–Crippen MR) is 77.7 cm³/mol. The largest absolute Gasteiger partial charge is 0.324 e. The van der Waals surface area contributed by atoms with Gasteiger partial charge in [0.05, 0.1) is 0 Å². The molecule has 0 spiro atoms. The number of urea groups is 1. The van der Waals surface area contributed by atoms with E-state index < -0.39 is 0 Å². The highest BCUT2D eigenvalue weighted by Crippen LogP contribution is 2.22. The first-order chi connectivity index (χ1) is 8.54. The van der Waals surface area contributed by atoms with Crippen molar-refractivity contribution in [1.29, 1.82) is 0 Å². The molecule has 1 heterocycles. The van der Waals surface area contributed by atoms with E-state index in [2.05, 4.69) is 35.1 Å². The number of halogens is 1. The van der Waals surface area contributed by atoms with E-state index in [4.69, 9.17) is 0 Å². The van der Waals surface area contributed by atoms with Crippen LogP contribution in [-0.4, -0.2) is 24.0 Å². The van der Waals surface area contributed by atoms with Gasteiger partial charge in [-0.3, -0.25) is 0 Å². The Bertz CT molecular complexity index is 408. The van der Waals surface area contributed by atoms with Crippen molar-refractivity contribution in [2.75, 3.05) is 18.4 Å². The number of nitrogens with one attached hydrogen (secondary N) is 1. The molecule has 0 bridgehead atoms. The summed E-state index contributed by atoms with van der Waals surface area (Å²) in [5.74, 6) is 1.17. The Morgan fingerprint density at radius 3 is 2.33 bits per heavy atom. The third-order valence-corrected chi connectivity index (χ3v) is 3.78. The lowest BCUT2D eigenvalue weighted by atomic mass is 9.92. The fourth-order valence-corrected chi connectivity index (χ4v) is 2.83. The molecule has 0 unspecified atom stereocenters. The summed E-state index contributed by atoms with van der Waals surface area (Å²) in [6.45, 7) is 6.12. The Morgan fingerprint density at radius 1 is 1.22 bits per heavy atom. The van der Waals surface area contributed by atoms with E-state index in [1.54, 1.807) is 0 Å². The average Bonchev–Trinajstić information content (AvgIpc) is 2.31. The molecule has 0 saturated carbocycles. The Balaban J connectivity index is 1.97. The van der Waals surface area contributed by atoms with Gasteiger partial charge in [0.25, 0.3) is 0 Å². The van der Waals surface area contributed by atoms with Crippen molar-refractivity contribution in [3.05, 3.63) is 28.7 Å². The van der Waals surface area contributed by atoms with Crippen LogP contribution in [0.25, 0.3) is 0 Å². The summed E-state index contributed by atoms with van der Waals surface area (Å²) in [6, 6.07) is 7.67. The fraction of sp³-hybridized carbons (Fsp3) is 0.500. The van der Waals surface area contributed by atoms with Crippen LogP contribution in [-0.2, 0) is 0 Å². The van der Waals surface area contributed by atoms with Crippen molar-refractivity contribution < 1.29 is 4.79 Å². The highest BCUT2D eigenvalue weighted by atomic mass is 79.9. The van der Waals surface area contributed by atoms with Crippen molar-refractivity contribution in [2.45, 2.75) is 20.3 Å². The summed E-state index contributed by atoms with van der Waals surface area (Å²) in [7, 11) is 0. The summed E-state index contributed by atoms with van der Waals surface area (Å²) in [5.41, 5.74) is 0.842. The second-order valence-electron chi connectivity index (χ2n) is 5.29. The minimum Gasteiger partial charge on any atom is -0.324 e. The maximum Gasteiger partial charge on any atom is 0.321 e. The molecule has 4 heteroatoms. The van der Waals surface area contributed by atoms with Crippen molar-refractivity contribution in [3.8, 4) is 0 Å². The fourth-order valence-electron chi connectivity index (χ4n) is 2.56. The van der Waals surface area contributed by atoms with Crippen molar-refractivity contribution in [2.24, 2.45) is 11.8 Å². The van der Waals surface area contributed by atoms with E-state index in [1.165, 1.54) is 6.42 Å². The molecule has 1 fully saturated rings. The van der Waals surface area contributed by atoms with Gasteiger partial charge in [-0.25, -0.2) is 4.79 Å². The van der Waals surface area contributed by atoms with Gasteiger partial charge in [0.1, 0.15) is 0 Å². The van der Waals surface area contributed by atoms with Crippen LogP contribution < -0.4 is 5.32 Å². The normalized spacial score (nSPS) is 23.8. The summed E-state index contributed by atoms with van der Waals surface area (Å²) in [6.07, 6.45) is 1.21. The average molecular weight is 311 g/mol. The van der Waals surface area contributed by atoms with Gasteiger partial charge in [0, 0.05) is 23.2 Å². The smallest absolute Gasteiger partial charge is 0.321 e. The summed E-state index contributed by atoms with van der Waals surface area (Å²) in [5, 5.41) is 2.95. The second kappa shape index (κ2) is 5.74. The van der Waals surface area contributed by atoms with Crippen LogP contribution in [0.3, 0.4) is 0 Å². The number of hydrogen-bond donors (Lipinski definition) is 1. The van der Waals surface area contributed by atoms with Crippen LogP contribution in [0, 0.1) is 11.8 Å². The lowest BCUT2D eigenvalue weighted by Gasteiger charge is -2.34. The topological polar surface area (TPSA) is 32.3 Å². The number of rotatable bonds is 1. The zero-order valence-corrected chi connectivity index (χ0v) is 12.4. The van der Waals surface area contributed by atoms with E-state index in [0.29, 0.717) is 11.8 Å². The molecule has 1 aromatic carbocycles. The van der Waals surface area contributed by atoms with Gasteiger partial charge in [-0.2, -0.15) is 0 Å². The number of likely N-dealkylation sites (tertiary alicyclic amines) is 1. The number of hydrogen-bond acceptors (Lipinski definition) is 1. The monoisotopic (exact) mass is 310 g/mol. The summed E-state index contributed by atoms with van der Waals surface area (Å²) in [4.78, 5) is 14.1. The maximum absolute atomic E-state index is 12.1. The van der Waals surface area contributed by atoms with Gasteiger partial charge in [-0.15, -0.1) is 0 Å². The molecule has 2 atom stereocenters. The first-order valence-electron chi connectivity index (χ1n) is 6.36. The van der Waals surface area contributed by atoms with Crippen LogP contribution in [0.2, 0.25) is 0 Å². The van der Waals surface area contributed by atoms with Crippen LogP contribution in [0.4, 0.5) is 10.5 Å². The number of amides is 2. The summed E-state index contributed by atoms with van der Waals surface area (Å²) >= 11 is 3.38. The minimum atomic E-state index is 0.00993. The Morgan fingerprint density at radius 2 is 1.78 bits per heavy atom. The first kappa shape index (κ1) is 13.4. The lowest BCUT2D eigenvalue weighted by molar-refractivity contribution is 0.156. The third-order valence-electron chi connectivity index (χ3n) is 3.25. The molecule has 0 aliphatic carbocycles. The van der Waals surface area contributed by atoms with Crippen molar-refractivity contribution in [3.63, 3.8) is 0 Å². The van der Waals surface area contributed by atoms with Gasteiger partial charge in [0.15, 0.2) is 0 Å². The van der Waals surface area contributed by atoms with Gasteiger partial charge in [0.2, 0.25) is 0 Å². The van der Waals surface area contributed by atoms with Gasteiger partial charge >= 0.3 is 6.03 Å². The molecule has 0 radical (unpaired) electrons. The molecule has 1 aromatic rings. The van der Waals surface area contributed by atoms with E-state index in [1.807, 2.05) is 29.2 Å². The number of benzene rings is 1. The Kier molecular flexibility index (Phi) is 4.27. The molecular formula is C14H19BrN2O. The van der Waals surface area contributed by atoms with Crippen LogP contribution in [0.1, 0.15) is 20.3 Å². The standard InChI is InChI=1S/C14H19BrN2O/c1-10-7-11(2)9-17(8-10)14(18)16-13-5-3-12(15)4-6-13/h3-6,10-11H,7-9H2,1-2H3,(H,16,18)/t10-,11-/m1/s1. The molecule has 2 rings (SSSR count). The van der Waals surface area contributed by atoms with Crippen LogP contribution in [0.5, 0.6) is 0 Å². The zero-order chi connectivity index (χ0) is 13.1. The third kappa shape index (κ3) is 3.48. The van der Waals surface area contributed by atoms with E-state index in [9.17, 15) is 4.79 Å². The molecule has 3 nitrogen and oxygen atoms in total. The number of nitrogens with zero attached hydrogens (tertiary/aromatic N) is 1. The number of carbonyl (C=O) groups excluding carboxylic acids is 1. The van der Waals surface area contributed by atoms with Crippen molar-refractivity contribution in [1.82, 2.24) is 4.90 Å². The zero-order valence-electron chi connectivity index (χ0n) is 10.8. The maximum atomic E-state index is 12.1. The minimum absolute atomic E-state index is 0.00993. The van der Waals surface area contributed by atoms with Gasteiger partial charge in [-0.05, 0) is 42.5 Å². The molecule has 1 saturated heterocycles. The Hall–Kier alpha value is -1.03. The van der Waals surface area contributed by atoms with E-state index >= 15 is 0 Å². The van der Waals surface area contributed by atoms with Crippen LogP contribution in [0.15, 0.2) is 28.7 Å². The molecule has 1 aliphatic rings. The number of anilines is 1. The van der Waals surface area contributed by atoms with Gasteiger partial charge in [-0.1, -0.05) is 29.8 Å². The second-order valence-corrected chi connectivity index (χ2v) is 6.20. The predicted octanol–water partition coefficient (Wildman–Crippen LogP) is 3.96. The van der Waals surface area contributed by atoms with Gasteiger partial charge < -0.3 is 10.2 Å². The lowest BCUT2D eigenvalue weighted by Crippen LogP contribution is -2.44. The molecule has 0 aromatic heterocycles. The van der Waals surface area contributed by atoms with E-state index in [0.717, 1.165) is 23.2 Å². The SMILES string of the molecule is C[C@@H]1C[C@@H](C)CN(C(=O)Nc2ccc(Br)cc2)C1. The Labute approximate surface area is 117 Å². The molecule has 98 valence electrons. The summed E-state index contributed by atoms with van der Waals surface area (Å²) < 4.78 is 1.01. The molecule has 1 aliphatic heterocycles. The number of carbonyl (C=O) groups is 1. The molecule has 18 heavy (non-hydrogen) atoms. The number of piperidine rings is 1. The van der Waals surface area contributed by atoms with E-state index in [-0.39, 0.29) is 6.03 Å². The molecular weight excluding hydrogens is 292 g/mol.